The number of rotatable bonds is 7. The van der Waals surface area contributed by atoms with Gasteiger partial charge in [0.2, 0.25) is 0 Å². The number of aliphatic hydroxyl groups is 1. The van der Waals surface area contributed by atoms with Crippen LogP contribution in [-0.4, -0.2) is 64.3 Å². The van der Waals surface area contributed by atoms with Gasteiger partial charge in [-0.2, -0.15) is 0 Å². The zero-order chi connectivity index (χ0) is 13.4. The fourth-order valence-electron chi connectivity index (χ4n) is 1.34. The van der Waals surface area contributed by atoms with Crippen LogP contribution in [0.1, 0.15) is 13.8 Å². The van der Waals surface area contributed by atoms with Crippen molar-refractivity contribution in [3.05, 3.63) is 12.7 Å². The van der Waals surface area contributed by atoms with Gasteiger partial charge in [-0.25, -0.2) is 4.79 Å². The van der Waals surface area contributed by atoms with E-state index in [-0.39, 0.29) is 32.3 Å². The van der Waals surface area contributed by atoms with E-state index in [2.05, 4.69) is 6.58 Å². The molecule has 0 heterocycles. The Kier molecular flexibility index (Phi) is 6.97. The van der Waals surface area contributed by atoms with Crippen molar-refractivity contribution >= 4 is 12.0 Å². The maximum absolute atomic E-state index is 12.0. The molecule has 0 fully saturated rings. The quantitative estimate of drug-likeness (QED) is 0.634. The molecular weight excluding hydrogens is 224 g/mol. The average Bonchev–Trinajstić information content (AvgIpc) is 2.24. The summed E-state index contributed by atoms with van der Waals surface area (Å²) in [5.74, 6) is -1.06. The lowest BCUT2D eigenvalue weighted by molar-refractivity contribution is -0.138. The molecule has 0 radical (unpaired) electrons. The molecule has 0 aliphatic carbocycles. The van der Waals surface area contributed by atoms with Gasteiger partial charge < -0.3 is 20.0 Å². The molecule has 0 aliphatic rings. The Balaban J connectivity index is 4.75. The van der Waals surface area contributed by atoms with Crippen molar-refractivity contribution in [2.75, 3.05) is 26.2 Å². The van der Waals surface area contributed by atoms with Crippen LogP contribution in [0, 0.1) is 0 Å². The largest absolute Gasteiger partial charge is 0.480 e. The number of amides is 2. The number of carboxylic acid groups (broad SMARTS) is 1. The molecule has 0 aliphatic heterocycles. The maximum Gasteiger partial charge on any atom is 0.323 e. The number of carbonyl (C=O) groups is 2. The molecule has 0 spiro atoms. The SMILES string of the molecule is C=CCN(CCO)C(=O)N(CC(=O)O)C(C)C. The average molecular weight is 244 g/mol. The Morgan fingerprint density at radius 1 is 1.41 bits per heavy atom. The lowest BCUT2D eigenvalue weighted by Crippen LogP contribution is -2.49. The highest BCUT2D eigenvalue weighted by atomic mass is 16.4. The van der Waals surface area contributed by atoms with Gasteiger partial charge in [0.05, 0.1) is 6.61 Å². The molecule has 0 bridgehead atoms. The predicted molar refractivity (Wildman–Crippen MR) is 63.7 cm³/mol. The van der Waals surface area contributed by atoms with Gasteiger partial charge in [-0.05, 0) is 13.8 Å². The number of urea groups is 1. The van der Waals surface area contributed by atoms with Gasteiger partial charge in [-0.3, -0.25) is 4.79 Å². The molecule has 0 saturated heterocycles. The summed E-state index contributed by atoms with van der Waals surface area (Å²) in [5.41, 5.74) is 0. The summed E-state index contributed by atoms with van der Waals surface area (Å²) in [6.45, 7) is 6.92. The molecule has 0 rings (SSSR count). The minimum Gasteiger partial charge on any atom is -0.480 e. The molecule has 0 aromatic heterocycles. The summed E-state index contributed by atoms with van der Waals surface area (Å²) in [6, 6.07) is -0.624. The zero-order valence-corrected chi connectivity index (χ0v) is 10.3. The van der Waals surface area contributed by atoms with E-state index >= 15 is 0 Å². The van der Waals surface area contributed by atoms with Gasteiger partial charge in [0, 0.05) is 19.1 Å². The summed E-state index contributed by atoms with van der Waals surface area (Å²) < 4.78 is 0. The Morgan fingerprint density at radius 3 is 2.35 bits per heavy atom. The van der Waals surface area contributed by atoms with E-state index < -0.39 is 12.0 Å². The first-order valence-electron chi connectivity index (χ1n) is 5.43. The van der Waals surface area contributed by atoms with Crippen LogP contribution in [0.3, 0.4) is 0 Å². The Labute approximate surface area is 101 Å². The first-order valence-corrected chi connectivity index (χ1v) is 5.43. The number of hydrogen-bond donors (Lipinski definition) is 2. The third-order valence-electron chi connectivity index (χ3n) is 2.16. The van der Waals surface area contributed by atoms with Crippen LogP contribution in [0.15, 0.2) is 12.7 Å². The first kappa shape index (κ1) is 15.4. The first-order chi connectivity index (χ1) is 7.93. The second kappa shape index (κ2) is 7.67. The normalized spacial score (nSPS) is 10.1. The molecule has 0 unspecified atom stereocenters. The third-order valence-corrected chi connectivity index (χ3v) is 2.16. The maximum atomic E-state index is 12.0. The lowest BCUT2D eigenvalue weighted by Gasteiger charge is -2.31. The van der Waals surface area contributed by atoms with E-state index in [1.165, 1.54) is 15.9 Å². The van der Waals surface area contributed by atoms with Gasteiger partial charge in [-0.1, -0.05) is 6.08 Å². The minimum absolute atomic E-state index is 0.160. The highest BCUT2D eigenvalue weighted by molar-refractivity contribution is 5.80. The summed E-state index contributed by atoms with van der Waals surface area (Å²) in [6.07, 6.45) is 1.53. The second-order valence-corrected chi connectivity index (χ2v) is 3.86. The highest BCUT2D eigenvalue weighted by Crippen LogP contribution is 2.04. The number of carbonyl (C=O) groups excluding carboxylic acids is 1. The molecule has 0 aromatic carbocycles. The van der Waals surface area contributed by atoms with Crippen molar-refractivity contribution in [1.29, 1.82) is 0 Å². The Hall–Kier alpha value is -1.56. The van der Waals surface area contributed by atoms with Gasteiger partial charge in [0.1, 0.15) is 6.54 Å². The summed E-state index contributed by atoms with van der Waals surface area (Å²) in [5, 5.41) is 17.6. The third kappa shape index (κ3) is 5.35. The molecule has 0 atom stereocenters. The van der Waals surface area contributed by atoms with E-state index in [4.69, 9.17) is 10.2 Å². The molecule has 2 amide bonds. The van der Waals surface area contributed by atoms with Crippen molar-refractivity contribution < 1.29 is 19.8 Å². The van der Waals surface area contributed by atoms with Crippen LogP contribution in [0.25, 0.3) is 0 Å². The molecule has 17 heavy (non-hydrogen) atoms. The summed E-state index contributed by atoms with van der Waals surface area (Å²) in [4.78, 5) is 25.3. The van der Waals surface area contributed by atoms with Crippen molar-refractivity contribution in [1.82, 2.24) is 9.80 Å². The molecule has 2 N–H and O–H groups in total. The van der Waals surface area contributed by atoms with E-state index in [1.807, 2.05) is 0 Å². The van der Waals surface area contributed by atoms with Gasteiger partial charge in [-0.15, -0.1) is 6.58 Å². The number of aliphatic hydroxyl groups excluding tert-OH is 1. The number of hydrogen-bond acceptors (Lipinski definition) is 3. The second-order valence-electron chi connectivity index (χ2n) is 3.86. The van der Waals surface area contributed by atoms with E-state index in [1.54, 1.807) is 13.8 Å². The van der Waals surface area contributed by atoms with Crippen molar-refractivity contribution in [2.24, 2.45) is 0 Å². The fraction of sp³-hybridized carbons (Fsp3) is 0.636. The molecule has 6 heteroatoms. The highest BCUT2D eigenvalue weighted by Gasteiger charge is 2.24. The predicted octanol–water partition coefficient (Wildman–Crippen LogP) is 0.382. The van der Waals surface area contributed by atoms with E-state index in [0.717, 1.165) is 0 Å². The molecule has 0 saturated carbocycles. The van der Waals surface area contributed by atoms with Crippen LogP contribution in [0.2, 0.25) is 0 Å². The van der Waals surface area contributed by atoms with E-state index in [9.17, 15) is 9.59 Å². The van der Waals surface area contributed by atoms with Crippen molar-refractivity contribution in [3.8, 4) is 0 Å². The van der Waals surface area contributed by atoms with Crippen LogP contribution in [-0.2, 0) is 4.79 Å². The van der Waals surface area contributed by atoms with Gasteiger partial charge >= 0.3 is 12.0 Å². The summed E-state index contributed by atoms with van der Waals surface area (Å²) in [7, 11) is 0. The smallest absolute Gasteiger partial charge is 0.323 e. The Bertz CT molecular complexity index is 279. The lowest BCUT2D eigenvalue weighted by atomic mass is 10.3. The van der Waals surface area contributed by atoms with Crippen molar-refractivity contribution in [3.63, 3.8) is 0 Å². The van der Waals surface area contributed by atoms with Crippen LogP contribution in [0.4, 0.5) is 4.79 Å². The van der Waals surface area contributed by atoms with Crippen LogP contribution < -0.4 is 0 Å². The molecule has 0 aromatic rings. The van der Waals surface area contributed by atoms with Crippen LogP contribution >= 0.6 is 0 Å². The standard InChI is InChI=1S/C11H20N2O4/c1-4-5-12(6-7-14)11(17)13(9(2)3)8-10(15)16/h4,9,14H,1,5-8H2,2-3H3,(H,15,16). The molecule has 6 nitrogen and oxygen atoms in total. The topological polar surface area (TPSA) is 81.1 Å². The number of aliphatic carboxylic acids is 1. The van der Waals surface area contributed by atoms with Crippen LogP contribution in [0.5, 0.6) is 0 Å². The number of carboxylic acids is 1. The van der Waals surface area contributed by atoms with Crippen molar-refractivity contribution in [2.45, 2.75) is 19.9 Å². The van der Waals surface area contributed by atoms with Gasteiger partial charge in [0.25, 0.3) is 0 Å². The molecule has 98 valence electrons. The van der Waals surface area contributed by atoms with E-state index in [0.29, 0.717) is 0 Å². The molecular formula is C11H20N2O4. The fourth-order valence-corrected chi connectivity index (χ4v) is 1.34. The summed E-state index contributed by atoms with van der Waals surface area (Å²) >= 11 is 0. The zero-order valence-electron chi connectivity index (χ0n) is 10.3. The monoisotopic (exact) mass is 244 g/mol. The minimum atomic E-state index is -1.06. The Morgan fingerprint density at radius 2 is 2.00 bits per heavy atom. The number of nitrogens with zero attached hydrogens (tertiary/aromatic N) is 2. The van der Waals surface area contributed by atoms with Gasteiger partial charge in [0.15, 0.2) is 0 Å².